The summed E-state index contributed by atoms with van der Waals surface area (Å²) in [5.41, 5.74) is 9.03. The van der Waals surface area contributed by atoms with Gasteiger partial charge in [0.05, 0.1) is 5.92 Å². The van der Waals surface area contributed by atoms with Crippen LogP contribution in [0.3, 0.4) is 0 Å². The second-order valence-corrected chi connectivity index (χ2v) is 8.11. The number of ether oxygens (including phenoxy) is 1. The highest BCUT2D eigenvalue weighted by Gasteiger charge is 2.34. The van der Waals surface area contributed by atoms with Crippen molar-refractivity contribution in [2.45, 2.75) is 50.7 Å². The maximum Gasteiger partial charge on any atom is 0.227 e. The largest absolute Gasteiger partial charge is 0.381 e. The second-order valence-electron chi connectivity index (χ2n) is 8.11. The number of nitrogens with zero attached hydrogens (tertiary/aromatic N) is 2. The third kappa shape index (κ3) is 5.39. The van der Waals surface area contributed by atoms with Gasteiger partial charge in [-0.3, -0.25) is 9.69 Å². The molecule has 3 aliphatic rings. The van der Waals surface area contributed by atoms with Gasteiger partial charge in [-0.1, -0.05) is 24.3 Å². The fraction of sp³-hybridized carbons (Fsp3) is 0.667. The first-order valence-corrected chi connectivity index (χ1v) is 10.1. The van der Waals surface area contributed by atoms with Crippen LogP contribution in [0.5, 0.6) is 0 Å². The van der Waals surface area contributed by atoms with Crippen LogP contribution in [0.15, 0.2) is 24.3 Å². The van der Waals surface area contributed by atoms with Gasteiger partial charge in [0.2, 0.25) is 5.91 Å². The smallest absolute Gasteiger partial charge is 0.227 e. The van der Waals surface area contributed by atoms with Gasteiger partial charge in [0.15, 0.2) is 0 Å². The Morgan fingerprint density at radius 3 is 2.46 bits per heavy atom. The molecule has 0 radical (unpaired) electrons. The molecule has 2 fully saturated rings. The molecule has 2 atom stereocenters. The van der Waals surface area contributed by atoms with Crippen molar-refractivity contribution in [3.63, 3.8) is 0 Å². The summed E-state index contributed by atoms with van der Waals surface area (Å²) < 4.78 is 5.52. The van der Waals surface area contributed by atoms with Crippen molar-refractivity contribution in [3.05, 3.63) is 35.4 Å². The molecule has 3 heterocycles. The zero-order chi connectivity index (χ0) is 17.9. The third-order valence-electron chi connectivity index (χ3n) is 6.31. The van der Waals surface area contributed by atoms with Crippen LogP contribution in [0, 0.1) is 5.92 Å². The van der Waals surface area contributed by atoms with E-state index >= 15 is 0 Å². The first-order chi connectivity index (χ1) is 12.7. The maximum atomic E-state index is 13.3. The summed E-state index contributed by atoms with van der Waals surface area (Å²) in [6.07, 6.45) is 4.95. The normalized spacial score (nSPS) is 26.4. The summed E-state index contributed by atoms with van der Waals surface area (Å²) in [6, 6.07) is 9.21. The lowest BCUT2D eigenvalue weighted by molar-refractivity contribution is -0.137. The van der Waals surface area contributed by atoms with Gasteiger partial charge < -0.3 is 15.4 Å². The van der Waals surface area contributed by atoms with E-state index in [-0.39, 0.29) is 36.8 Å². The minimum absolute atomic E-state index is 0. The van der Waals surface area contributed by atoms with Crippen molar-refractivity contribution in [1.29, 1.82) is 0 Å². The lowest BCUT2D eigenvalue weighted by Gasteiger charge is -2.37. The molecular weight excluding hydrogens is 397 g/mol. The lowest BCUT2D eigenvalue weighted by Crippen LogP contribution is -2.48. The molecule has 7 heteroatoms. The number of rotatable bonds is 2. The zero-order valence-corrected chi connectivity index (χ0v) is 18.1. The minimum atomic E-state index is 0. The fourth-order valence-electron chi connectivity index (χ4n) is 4.75. The van der Waals surface area contributed by atoms with E-state index in [2.05, 4.69) is 34.1 Å². The molecule has 0 aromatic heterocycles. The van der Waals surface area contributed by atoms with Gasteiger partial charge >= 0.3 is 0 Å². The van der Waals surface area contributed by atoms with Crippen molar-refractivity contribution in [3.8, 4) is 0 Å². The van der Waals surface area contributed by atoms with Gasteiger partial charge in [-0.25, -0.2) is 0 Å². The number of fused-ring (bicyclic) bond motifs is 1. The van der Waals surface area contributed by atoms with Crippen LogP contribution in [-0.2, 0) is 22.5 Å². The number of likely N-dealkylation sites (tertiary alicyclic amines) is 1. The number of carbonyl (C=O) groups excluding carboxylic acids is 1. The summed E-state index contributed by atoms with van der Waals surface area (Å²) in [4.78, 5) is 17.8. The average molecular weight is 430 g/mol. The van der Waals surface area contributed by atoms with E-state index in [0.717, 1.165) is 71.5 Å². The number of amides is 1. The molecule has 0 aliphatic carbocycles. The molecule has 0 bridgehead atoms. The number of benzene rings is 1. The quantitative estimate of drug-likeness (QED) is 0.784. The Hall–Kier alpha value is -0.850. The molecule has 28 heavy (non-hydrogen) atoms. The lowest BCUT2D eigenvalue weighted by atomic mass is 9.96. The standard InChI is InChI=1S/C21H31N3O2.2ClH/c22-19-6-5-18(14-24(15-19)20-8-11-26-12-9-20)21(25)23-10-7-16-3-1-2-4-17(16)13-23;;/h1-4,18-20H,5-15,22H2;2*1H/t18-,19+;;/m1../s1. The first-order valence-electron chi connectivity index (χ1n) is 10.1. The second kappa shape index (κ2) is 10.8. The fourth-order valence-corrected chi connectivity index (χ4v) is 4.75. The predicted octanol–water partition coefficient (Wildman–Crippen LogP) is 2.63. The summed E-state index contributed by atoms with van der Waals surface area (Å²) >= 11 is 0. The van der Waals surface area contributed by atoms with E-state index < -0.39 is 0 Å². The van der Waals surface area contributed by atoms with Gasteiger partial charge in [0.1, 0.15) is 0 Å². The van der Waals surface area contributed by atoms with Crippen LogP contribution in [0.2, 0.25) is 0 Å². The summed E-state index contributed by atoms with van der Waals surface area (Å²) in [7, 11) is 0. The van der Waals surface area contributed by atoms with Crippen LogP contribution in [0.4, 0.5) is 0 Å². The van der Waals surface area contributed by atoms with E-state index in [4.69, 9.17) is 10.5 Å². The molecule has 2 N–H and O–H groups in total. The SMILES string of the molecule is Cl.Cl.N[C@H]1CC[C@@H](C(=O)N2CCc3ccccc3C2)CN(C2CCOCC2)C1. The third-order valence-corrected chi connectivity index (χ3v) is 6.31. The number of halogens is 2. The Morgan fingerprint density at radius 2 is 1.71 bits per heavy atom. The van der Waals surface area contributed by atoms with E-state index in [1.807, 2.05) is 0 Å². The van der Waals surface area contributed by atoms with E-state index in [9.17, 15) is 4.79 Å². The molecule has 2 saturated heterocycles. The molecule has 1 aromatic carbocycles. The molecule has 0 saturated carbocycles. The molecule has 1 amide bonds. The molecule has 158 valence electrons. The molecule has 3 aliphatic heterocycles. The summed E-state index contributed by atoms with van der Waals surface area (Å²) in [5.74, 6) is 0.405. The first kappa shape index (κ1) is 23.4. The molecule has 1 aromatic rings. The van der Waals surface area contributed by atoms with Crippen LogP contribution < -0.4 is 5.73 Å². The monoisotopic (exact) mass is 429 g/mol. The van der Waals surface area contributed by atoms with E-state index in [0.29, 0.717) is 11.9 Å². The van der Waals surface area contributed by atoms with Gasteiger partial charge in [-0.05, 0) is 43.2 Å². The van der Waals surface area contributed by atoms with Crippen molar-refractivity contribution in [2.24, 2.45) is 11.7 Å². The molecule has 0 spiro atoms. The number of hydrogen-bond acceptors (Lipinski definition) is 4. The van der Waals surface area contributed by atoms with Crippen LogP contribution >= 0.6 is 24.8 Å². The number of nitrogens with two attached hydrogens (primary N) is 1. The van der Waals surface area contributed by atoms with Crippen LogP contribution in [0.25, 0.3) is 0 Å². The summed E-state index contributed by atoms with van der Waals surface area (Å²) in [5, 5.41) is 0. The van der Waals surface area contributed by atoms with Crippen LogP contribution in [0.1, 0.15) is 36.8 Å². The molecule has 0 unspecified atom stereocenters. The highest BCUT2D eigenvalue weighted by molar-refractivity contribution is 5.85. The average Bonchev–Trinajstić information content (AvgIpc) is 2.89. The Labute approximate surface area is 180 Å². The predicted molar refractivity (Wildman–Crippen MR) is 116 cm³/mol. The molecule has 5 nitrogen and oxygen atoms in total. The molecular formula is C21H33Cl2N3O2. The van der Waals surface area contributed by atoms with Crippen LogP contribution in [-0.4, -0.2) is 60.6 Å². The van der Waals surface area contributed by atoms with Crippen molar-refractivity contribution in [1.82, 2.24) is 9.80 Å². The van der Waals surface area contributed by atoms with Gasteiger partial charge in [0, 0.05) is 51.5 Å². The Morgan fingerprint density at radius 1 is 1.00 bits per heavy atom. The van der Waals surface area contributed by atoms with Gasteiger partial charge in [-0.15, -0.1) is 24.8 Å². The zero-order valence-electron chi connectivity index (χ0n) is 16.4. The molecule has 4 rings (SSSR count). The van der Waals surface area contributed by atoms with Crippen molar-refractivity contribution >= 4 is 30.7 Å². The van der Waals surface area contributed by atoms with E-state index in [1.54, 1.807) is 0 Å². The summed E-state index contributed by atoms with van der Waals surface area (Å²) in [6.45, 7) is 5.03. The Balaban J connectivity index is 0.00000140. The topological polar surface area (TPSA) is 58.8 Å². The Kier molecular flexibility index (Phi) is 9.03. The highest BCUT2D eigenvalue weighted by Crippen LogP contribution is 2.26. The number of carbonyl (C=O) groups is 1. The maximum absolute atomic E-state index is 13.3. The highest BCUT2D eigenvalue weighted by atomic mass is 35.5. The van der Waals surface area contributed by atoms with Crippen molar-refractivity contribution in [2.75, 3.05) is 32.8 Å². The van der Waals surface area contributed by atoms with Crippen molar-refractivity contribution < 1.29 is 9.53 Å². The van der Waals surface area contributed by atoms with E-state index in [1.165, 1.54) is 11.1 Å². The van der Waals surface area contributed by atoms with Gasteiger partial charge in [0.25, 0.3) is 0 Å². The Bertz CT molecular complexity index is 640. The minimum Gasteiger partial charge on any atom is -0.381 e. The van der Waals surface area contributed by atoms with Gasteiger partial charge in [-0.2, -0.15) is 0 Å². The number of hydrogen-bond donors (Lipinski definition) is 1.